The smallest absolute Gasteiger partial charge is 0.244 e. The highest BCUT2D eigenvalue weighted by Crippen LogP contribution is 2.25. The zero-order chi connectivity index (χ0) is 24.8. The van der Waals surface area contributed by atoms with Gasteiger partial charge in [-0.3, -0.25) is 13.9 Å². The normalized spacial score (nSPS) is 12.2. The highest BCUT2D eigenvalue weighted by Gasteiger charge is 2.32. The summed E-state index contributed by atoms with van der Waals surface area (Å²) in [5, 5.41) is 2.73. The van der Waals surface area contributed by atoms with Gasteiger partial charge in [-0.25, -0.2) is 12.8 Å². The summed E-state index contributed by atoms with van der Waals surface area (Å²) in [6.07, 6.45) is 1.38. The van der Waals surface area contributed by atoms with E-state index in [1.54, 1.807) is 45.0 Å². The van der Waals surface area contributed by atoms with Gasteiger partial charge in [0, 0.05) is 13.1 Å². The zero-order valence-corrected chi connectivity index (χ0v) is 20.6. The van der Waals surface area contributed by atoms with Crippen LogP contribution >= 0.6 is 0 Å². The third-order valence-electron chi connectivity index (χ3n) is 5.53. The molecule has 0 spiro atoms. The number of carbonyl (C=O) groups excluding carboxylic acids is 2. The van der Waals surface area contributed by atoms with Gasteiger partial charge in [0.1, 0.15) is 18.4 Å². The Morgan fingerprint density at radius 1 is 1.06 bits per heavy atom. The van der Waals surface area contributed by atoms with Crippen molar-refractivity contribution in [3.05, 3.63) is 65.0 Å². The summed E-state index contributed by atoms with van der Waals surface area (Å²) in [6.45, 7) is 7.20. The van der Waals surface area contributed by atoms with Crippen LogP contribution in [-0.4, -0.2) is 50.5 Å². The third-order valence-corrected chi connectivity index (χ3v) is 6.65. The zero-order valence-electron chi connectivity index (χ0n) is 19.8. The summed E-state index contributed by atoms with van der Waals surface area (Å²) in [6, 6.07) is 10.1. The summed E-state index contributed by atoms with van der Waals surface area (Å²) in [4.78, 5) is 27.6. The molecule has 0 aliphatic heterocycles. The van der Waals surface area contributed by atoms with Gasteiger partial charge in [0.25, 0.3) is 0 Å². The molecule has 1 N–H and O–H groups in total. The molecule has 0 aromatic heterocycles. The van der Waals surface area contributed by atoms with Crippen molar-refractivity contribution in [1.29, 1.82) is 0 Å². The van der Waals surface area contributed by atoms with Crippen LogP contribution in [0.3, 0.4) is 0 Å². The lowest BCUT2D eigenvalue weighted by Crippen LogP contribution is -2.52. The van der Waals surface area contributed by atoms with Crippen molar-refractivity contribution < 1.29 is 22.4 Å². The molecule has 0 radical (unpaired) electrons. The van der Waals surface area contributed by atoms with E-state index in [0.717, 1.165) is 21.7 Å². The van der Waals surface area contributed by atoms with Crippen LogP contribution in [0.25, 0.3) is 0 Å². The minimum absolute atomic E-state index is 0.0408. The van der Waals surface area contributed by atoms with E-state index in [-0.39, 0.29) is 12.5 Å². The number of hydrogen-bond acceptors (Lipinski definition) is 4. The maximum Gasteiger partial charge on any atom is 0.244 e. The maximum absolute atomic E-state index is 13.5. The third kappa shape index (κ3) is 6.77. The second-order valence-corrected chi connectivity index (χ2v) is 9.86. The van der Waals surface area contributed by atoms with Crippen molar-refractivity contribution in [2.45, 2.75) is 46.7 Å². The summed E-state index contributed by atoms with van der Waals surface area (Å²) in [7, 11) is -3.79. The van der Waals surface area contributed by atoms with E-state index >= 15 is 0 Å². The van der Waals surface area contributed by atoms with Crippen LogP contribution in [0.15, 0.2) is 42.5 Å². The molecule has 0 bridgehead atoms. The number of carbonyl (C=O) groups is 2. The Balaban J connectivity index is 2.47. The number of likely N-dealkylation sites (N-methyl/N-ethyl adjacent to an activating group) is 1. The highest BCUT2D eigenvalue weighted by molar-refractivity contribution is 7.92. The van der Waals surface area contributed by atoms with Crippen LogP contribution in [0.2, 0.25) is 0 Å². The number of nitrogens with one attached hydrogen (secondary N) is 1. The maximum atomic E-state index is 13.5. The van der Waals surface area contributed by atoms with Crippen molar-refractivity contribution in [1.82, 2.24) is 10.2 Å². The Hall–Kier alpha value is -2.94. The minimum atomic E-state index is -3.79. The van der Waals surface area contributed by atoms with Crippen molar-refractivity contribution in [3.8, 4) is 0 Å². The van der Waals surface area contributed by atoms with E-state index in [0.29, 0.717) is 24.2 Å². The van der Waals surface area contributed by atoms with Crippen LogP contribution < -0.4 is 9.62 Å². The second-order valence-electron chi connectivity index (χ2n) is 7.96. The molecular weight excluding hydrogens is 445 g/mol. The van der Waals surface area contributed by atoms with Gasteiger partial charge in [0.15, 0.2) is 0 Å². The van der Waals surface area contributed by atoms with Crippen LogP contribution in [-0.2, 0) is 26.2 Å². The Labute approximate surface area is 195 Å². The fraction of sp³-hybridized carbons (Fsp3) is 0.417. The van der Waals surface area contributed by atoms with E-state index in [9.17, 15) is 22.4 Å². The quantitative estimate of drug-likeness (QED) is 0.570. The first kappa shape index (κ1) is 26.3. The summed E-state index contributed by atoms with van der Waals surface area (Å²) in [5.74, 6) is -1.26. The minimum Gasteiger partial charge on any atom is -0.355 e. The van der Waals surface area contributed by atoms with Gasteiger partial charge in [-0.05, 0) is 62.1 Å². The number of rotatable bonds is 10. The Morgan fingerprint density at radius 3 is 2.24 bits per heavy atom. The van der Waals surface area contributed by atoms with E-state index < -0.39 is 34.3 Å². The molecule has 0 fully saturated rings. The van der Waals surface area contributed by atoms with Crippen LogP contribution in [0.4, 0.5) is 10.1 Å². The molecule has 33 heavy (non-hydrogen) atoms. The van der Waals surface area contributed by atoms with E-state index in [1.807, 2.05) is 13.0 Å². The summed E-state index contributed by atoms with van der Waals surface area (Å²) >= 11 is 0. The number of aryl methyl sites for hydroxylation is 1. The Morgan fingerprint density at radius 2 is 1.70 bits per heavy atom. The molecule has 0 aliphatic rings. The molecule has 2 aromatic rings. The molecule has 2 rings (SSSR count). The lowest BCUT2D eigenvalue weighted by Gasteiger charge is -2.33. The number of nitrogens with zero attached hydrogens (tertiary/aromatic N) is 2. The molecule has 9 heteroatoms. The highest BCUT2D eigenvalue weighted by atomic mass is 32.2. The number of anilines is 1. The average Bonchev–Trinajstić information content (AvgIpc) is 2.75. The lowest BCUT2D eigenvalue weighted by atomic mass is 10.1. The lowest BCUT2D eigenvalue weighted by molar-refractivity contribution is -0.140. The van der Waals surface area contributed by atoms with Gasteiger partial charge in [-0.1, -0.05) is 31.2 Å². The van der Waals surface area contributed by atoms with E-state index in [2.05, 4.69) is 5.32 Å². The van der Waals surface area contributed by atoms with Crippen LogP contribution in [0.1, 0.15) is 37.0 Å². The van der Waals surface area contributed by atoms with Crippen LogP contribution in [0, 0.1) is 19.7 Å². The first-order chi connectivity index (χ1) is 15.5. The van der Waals surface area contributed by atoms with E-state index in [4.69, 9.17) is 0 Å². The number of amides is 2. The second kappa shape index (κ2) is 11.3. The standard InChI is InChI=1S/C24H32FN3O4S/c1-6-21(24(30)26-7-2)27(15-19-11-13-20(25)14-12-19)23(29)16-28(33(5,31)32)22-10-8-9-17(3)18(22)4/h8-14,21H,6-7,15-16H2,1-5H3,(H,26,30)/t21-/m0/s1. The predicted molar refractivity (Wildman–Crippen MR) is 128 cm³/mol. The molecule has 0 unspecified atom stereocenters. The predicted octanol–water partition coefficient (Wildman–Crippen LogP) is 3.15. The molecule has 180 valence electrons. The van der Waals surface area contributed by atoms with Gasteiger partial charge in [-0.2, -0.15) is 0 Å². The van der Waals surface area contributed by atoms with Crippen molar-refractivity contribution >= 4 is 27.5 Å². The van der Waals surface area contributed by atoms with E-state index in [1.165, 1.54) is 17.0 Å². The largest absolute Gasteiger partial charge is 0.355 e. The summed E-state index contributed by atoms with van der Waals surface area (Å²) < 4.78 is 39.8. The first-order valence-electron chi connectivity index (χ1n) is 10.8. The fourth-order valence-electron chi connectivity index (χ4n) is 3.60. The Kier molecular flexibility index (Phi) is 8.99. The first-order valence-corrected chi connectivity index (χ1v) is 12.7. The SMILES string of the molecule is CCNC(=O)[C@H](CC)N(Cc1ccc(F)cc1)C(=O)CN(c1cccc(C)c1C)S(C)(=O)=O. The van der Waals surface area contributed by atoms with Gasteiger partial charge in [-0.15, -0.1) is 0 Å². The van der Waals surface area contributed by atoms with Crippen molar-refractivity contribution in [2.75, 3.05) is 23.7 Å². The molecule has 0 aliphatic carbocycles. The fourth-order valence-corrected chi connectivity index (χ4v) is 4.50. The van der Waals surface area contributed by atoms with Gasteiger partial charge in [0.05, 0.1) is 11.9 Å². The number of hydrogen-bond donors (Lipinski definition) is 1. The molecular formula is C24H32FN3O4S. The summed E-state index contributed by atoms with van der Waals surface area (Å²) in [5.41, 5.74) is 2.69. The van der Waals surface area contributed by atoms with Crippen LogP contribution in [0.5, 0.6) is 0 Å². The molecule has 2 amide bonds. The van der Waals surface area contributed by atoms with Crippen molar-refractivity contribution in [2.24, 2.45) is 0 Å². The van der Waals surface area contributed by atoms with Gasteiger partial charge >= 0.3 is 0 Å². The van der Waals surface area contributed by atoms with Crippen molar-refractivity contribution in [3.63, 3.8) is 0 Å². The molecule has 1 atom stereocenters. The molecule has 0 saturated carbocycles. The molecule has 2 aromatic carbocycles. The average molecular weight is 478 g/mol. The number of benzene rings is 2. The molecule has 0 heterocycles. The topological polar surface area (TPSA) is 86.8 Å². The number of halogens is 1. The monoisotopic (exact) mass is 477 g/mol. The van der Waals surface area contributed by atoms with Gasteiger partial charge < -0.3 is 10.2 Å². The molecule has 0 saturated heterocycles. The van der Waals surface area contributed by atoms with Gasteiger partial charge in [0.2, 0.25) is 21.8 Å². The number of sulfonamides is 1. The Bertz CT molecular complexity index is 1090. The molecule has 7 nitrogen and oxygen atoms in total.